The minimum atomic E-state index is -4.62. The van der Waals surface area contributed by atoms with Crippen molar-refractivity contribution >= 4 is 19.8 Å². The first kappa shape index (κ1) is 59.5. The number of aliphatic hydroxyl groups is 2. The van der Waals surface area contributed by atoms with Crippen LogP contribution in [0.5, 0.6) is 0 Å². The van der Waals surface area contributed by atoms with Crippen LogP contribution in [-0.4, -0.2) is 65.7 Å². The molecule has 0 fully saturated rings. The fourth-order valence-electron chi connectivity index (χ4n) is 7.16. The van der Waals surface area contributed by atoms with Gasteiger partial charge in [0.15, 0.2) is 6.10 Å². The Morgan fingerprint density at radius 1 is 0.475 bits per heavy atom. The summed E-state index contributed by atoms with van der Waals surface area (Å²) < 4.78 is 32.9. The second kappa shape index (κ2) is 46.4. The highest BCUT2D eigenvalue weighted by atomic mass is 31.2. The molecule has 0 amide bonds. The van der Waals surface area contributed by atoms with E-state index in [1.807, 2.05) is 0 Å². The number of hydrogen-bond acceptors (Lipinski definition) is 9. The number of aliphatic hydroxyl groups excluding tert-OH is 2. The molecule has 0 aliphatic carbocycles. The number of allylic oxidation sites excluding steroid dienone is 4. The van der Waals surface area contributed by atoms with Gasteiger partial charge in [0.2, 0.25) is 0 Å². The van der Waals surface area contributed by atoms with Gasteiger partial charge in [-0.3, -0.25) is 18.6 Å². The van der Waals surface area contributed by atoms with Crippen LogP contribution in [0.25, 0.3) is 0 Å². The van der Waals surface area contributed by atoms with Crippen molar-refractivity contribution in [3.8, 4) is 0 Å². The number of rotatable bonds is 48. The van der Waals surface area contributed by atoms with Crippen LogP contribution in [0.2, 0.25) is 0 Å². The molecule has 11 heteroatoms. The third kappa shape index (κ3) is 46.3. The summed E-state index contributed by atoms with van der Waals surface area (Å²) in [7, 11) is -4.62. The summed E-state index contributed by atoms with van der Waals surface area (Å²) in [6, 6.07) is 0. The molecule has 360 valence electrons. The van der Waals surface area contributed by atoms with Crippen molar-refractivity contribution < 1.29 is 47.8 Å². The predicted molar refractivity (Wildman–Crippen MR) is 252 cm³/mol. The van der Waals surface area contributed by atoms with Crippen molar-refractivity contribution in [1.29, 1.82) is 0 Å². The molecule has 0 saturated carbocycles. The molecule has 0 aromatic heterocycles. The van der Waals surface area contributed by atoms with Crippen LogP contribution in [0.15, 0.2) is 24.3 Å². The highest BCUT2D eigenvalue weighted by Crippen LogP contribution is 2.43. The van der Waals surface area contributed by atoms with Gasteiger partial charge in [-0.1, -0.05) is 192 Å². The minimum Gasteiger partial charge on any atom is -0.462 e. The minimum absolute atomic E-state index is 0.184. The molecule has 0 radical (unpaired) electrons. The van der Waals surface area contributed by atoms with Crippen molar-refractivity contribution in [3.63, 3.8) is 0 Å². The molecule has 0 aromatic rings. The molecule has 0 aliphatic rings. The van der Waals surface area contributed by atoms with E-state index in [4.69, 9.17) is 23.6 Å². The lowest BCUT2D eigenvalue weighted by Crippen LogP contribution is -2.29. The molecule has 3 atom stereocenters. The van der Waals surface area contributed by atoms with E-state index in [2.05, 4.69) is 38.2 Å². The maximum Gasteiger partial charge on any atom is 0.472 e. The Kier molecular flexibility index (Phi) is 45.3. The molecule has 3 N–H and O–H groups in total. The van der Waals surface area contributed by atoms with Crippen LogP contribution >= 0.6 is 7.82 Å². The van der Waals surface area contributed by atoms with Gasteiger partial charge in [-0.2, -0.15) is 0 Å². The number of carbonyl (C=O) groups is 2. The number of unbranched alkanes of at least 4 members (excludes halogenated alkanes) is 30. The Hall–Kier alpha value is -1.55. The summed E-state index contributed by atoms with van der Waals surface area (Å²) >= 11 is 0. The summed E-state index contributed by atoms with van der Waals surface area (Å²) in [5.41, 5.74) is 0. The molecule has 0 aromatic carbocycles. The fourth-order valence-corrected chi connectivity index (χ4v) is 7.95. The number of phosphoric acid groups is 1. The van der Waals surface area contributed by atoms with Crippen molar-refractivity contribution in [2.75, 3.05) is 26.4 Å². The Labute approximate surface area is 374 Å². The van der Waals surface area contributed by atoms with E-state index in [1.54, 1.807) is 0 Å². The van der Waals surface area contributed by atoms with E-state index in [1.165, 1.54) is 167 Å². The lowest BCUT2D eigenvalue weighted by atomic mass is 10.1. The third-order valence-electron chi connectivity index (χ3n) is 11.1. The third-order valence-corrected chi connectivity index (χ3v) is 12.0. The number of carbonyl (C=O) groups excluding carboxylic acids is 2. The average molecular weight is 887 g/mol. The van der Waals surface area contributed by atoms with Gasteiger partial charge in [-0.25, -0.2) is 4.57 Å². The van der Waals surface area contributed by atoms with Crippen molar-refractivity contribution in [1.82, 2.24) is 0 Å². The normalized spacial score (nSPS) is 13.9. The van der Waals surface area contributed by atoms with E-state index < -0.39 is 51.8 Å². The lowest BCUT2D eigenvalue weighted by Gasteiger charge is -2.20. The number of ether oxygens (including phenoxy) is 2. The zero-order valence-corrected chi connectivity index (χ0v) is 40.3. The van der Waals surface area contributed by atoms with Crippen LogP contribution < -0.4 is 0 Å². The second-order valence-corrected chi connectivity index (χ2v) is 18.6. The largest absolute Gasteiger partial charge is 0.472 e. The van der Waals surface area contributed by atoms with Gasteiger partial charge in [0.1, 0.15) is 12.7 Å². The summed E-state index contributed by atoms with van der Waals surface area (Å²) in [6.07, 6.45) is 48.5. The van der Waals surface area contributed by atoms with Gasteiger partial charge in [-0.05, 0) is 64.2 Å². The number of phosphoric ester groups is 1. The summed E-state index contributed by atoms with van der Waals surface area (Å²) in [6.45, 7) is 2.41. The molecule has 0 rings (SSSR count). The highest BCUT2D eigenvalue weighted by Gasteiger charge is 2.27. The van der Waals surface area contributed by atoms with E-state index in [9.17, 15) is 24.2 Å². The van der Waals surface area contributed by atoms with Gasteiger partial charge < -0.3 is 24.6 Å². The Morgan fingerprint density at radius 2 is 0.803 bits per heavy atom. The molecule has 0 spiro atoms. The molecule has 10 nitrogen and oxygen atoms in total. The van der Waals surface area contributed by atoms with Gasteiger partial charge in [-0.15, -0.1) is 0 Å². The quantitative estimate of drug-likeness (QED) is 0.0233. The Balaban J connectivity index is 4.18. The van der Waals surface area contributed by atoms with Crippen molar-refractivity contribution in [2.45, 2.75) is 257 Å². The van der Waals surface area contributed by atoms with Crippen LogP contribution in [0.3, 0.4) is 0 Å². The monoisotopic (exact) mass is 887 g/mol. The van der Waals surface area contributed by atoms with Gasteiger partial charge >= 0.3 is 19.8 Å². The van der Waals surface area contributed by atoms with Crippen molar-refractivity contribution in [2.24, 2.45) is 0 Å². The molecule has 3 unspecified atom stereocenters. The second-order valence-electron chi connectivity index (χ2n) is 17.2. The standard InChI is InChI=1S/C50H95O10P/c1-3-5-7-9-11-13-15-17-19-21-23-25-27-29-31-33-35-37-39-41-49(53)57-45-48(46-59-61(55,56)58-44-47(52)43-51)60-50(54)42-40-38-36-34-32-30-28-26-24-22-20-18-16-14-12-10-8-6-4-2/h17-20,47-48,51-52H,3-16,21-46H2,1-2H3,(H,55,56)/b19-17-,20-18-. The van der Waals surface area contributed by atoms with Crippen LogP contribution in [0.1, 0.15) is 245 Å². The maximum atomic E-state index is 12.7. The zero-order valence-electron chi connectivity index (χ0n) is 39.4. The van der Waals surface area contributed by atoms with E-state index in [0.717, 1.165) is 38.5 Å². The van der Waals surface area contributed by atoms with Crippen LogP contribution in [0.4, 0.5) is 0 Å². The lowest BCUT2D eigenvalue weighted by molar-refractivity contribution is -0.161. The fraction of sp³-hybridized carbons (Fsp3) is 0.880. The van der Waals surface area contributed by atoms with Crippen LogP contribution in [-0.2, 0) is 32.7 Å². The molecular formula is C50H95O10P. The van der Waals surface area contributed by atoms with E-state index >= 15 is 0 Å². The summed E-state index contributed by atoms with van der Waals surface area (Å²) in [5.74, 6) is -0.919. The average Bonchev–Trinajstić information content (AvgIpc) is 3.25. The summed E-state index contributed by atoms with van der Waals surface area (Å²) in [5, 5.41) is 18.4. The predicted octanol–water partition coefficient (Wildman–Crippen LogP) is 14.1. The first-order chi connectivity index (χ1) is 29.7. The maximum absolute atomic E-state index is 12.7. The van der Waals surface area contributed by atoms with Gasteiger partial charge in [0, 0.05) is 12.8 Å². The van der Waals surface area contributed by atoms with Gasteiger partial charge in [0.05, 0.1) is 19.8 Å². The number of esters is 2. The smallest absolute Gasteiger partial charge is 0.462 e. The molecule has 0 bridgehead atoms. The highest BCUT2D eigenvalue weighted by molar-refractivity contribution is 7.47. The van der Waals surface area contributed by atoms with E-state index in [0.29, 0.717) is 12.8 Å². The Morgan fingerprint density at radius 3 is 1.18 bits per heavy atom. The van der Waals surface area contributed by atoms with Crippen LogP contribution in [0, 0.1) is 0 Å². The van der Waals surface area contributed by atoms with Crippen molar-refractivity contribution in [3.05, 3.63) is 24.3 Å². The first-order valence-electron chi connectivity index (χ1n) is 25.3. The zero-order chi connectivity index (χ0) is 44.8. The topological polar surface area (TPSA) is 149 Å². The molecule has 0 heterocycles. The first-order valence-corrected chi connectivity index (χ1v) is 26.8. The molecule has 0 aliphatic heterocycles. The molecular weight excluding hydrogens is 792 g/mol. The number of hydrogen-bond donors (Lipinski definition) is 3. The molecule has 61 heavy (non-hydrogen) atoms. The van der Waals surface area contributed by atoms with Gasteiger partial charge in [0.25, 0.3) is 0 Å². The SMILES string of the molecule is CCCCCCCC/C=C\CCCCCCCCCCCC(=O)OCC(COP(=O)(O)OCC(O)CO)OC(=O)CCCCCCCCCCC/C=C\CCCCCCCC. The molecule has 0 saturated heterocycles. The van der Waals surface area contributed by atoms with E-state index in [-0.39, 0.29) is 19.4 Å². The Bertz CT molecular complexity index is 1070. The summed E-state index contributed by atoms with van der Waals surface area (Å²) in [4.78, 5) is 35.2.